The summed E-state index contributed by atoms with van der Waals surface area (Å²) in [5.74, 6) is 2.24. The van der Waals surface area contributed by atoms with Gasteiger partial charge >= 0.3 is 13.2 Å². The Hall–Kier alpha value is -7.41. The molecule has 368 valence electrons. The van der Waals surface area contributed by atoms with Gasteiger partial charge in [0.25, 0.3) is 0 Å². The van der Waals surface area contributed by atoms with Crippen LogP contribution < -0.4 is 38.6 Å². The predicted molar refractivity (Wildman–Crippen MR) is 253 cm³/mol. The zero-order valence-electron chi connectivity index (χ0n) is 39.1. The van der Waals surface area contributed by atoms with Gasteiger partial charge in [0.1, 0.15) is 75.9 Å². The molecule has 19 heteroatoms. The number of hydrogen-bond acceptors (Lipinski definition) is 13. The van der Waals surface area contributed by atoms with Crippen LogP contribution in [0.15, 0.2) is 97.7 Å². The number of rotatable bonds is 23. The van der Waals surface area contributed by atoms with Gasteiger partial charge in [0, 0.05) is 68.3 Å². The van der Waals surface area contributed by atoms with Gasteiger partial charge < -0.3 is 38.6 Å². The van der Waals surface area contributed by atoms with Crippen molar-refractivity contribution in [1.29, 1.82) is 0 Å². The number of hydrogen-bond donors (Lipinski definition) is 1. The number of benzene rings is 2. The van der Waals surface area contributed by atoms with Crippen molar-refractivity contribution in [3.05, 3.63) is 109 Å². The SMILES string of the molecule is CNCCOc1ccn2c(-c3cc(OC)c(C(=O)CC4CC4)c(OC(F)F)c3)cnc2c1.COc1cc(-c2cnc3cc(OCCN(C)c4ccccn4)ccn23)cc(OC(F)F)c1C(=O)CC1CC1. The Morgan fingerprint density at radius 2 is 1.17 bits per heavy atom. The summed E-state index contributed by atoms with van der Waals surface area (Å²) in [6, 6.07) is 19.1. The van der Waals surface area contributed by atoms with Gasteiger partial charge in [0.2, 0.25) is 0 Å². The molecule has 0 amide bonds. The number of ketones is 2. The molecule has 5 heterocycles. The summed E-state index contributed by atoms with van der Waals surface area (Å²) in [5, 5.41) is 3.01. The topological polar surface area (TPSA) is 152 Å². The average Bonchev–Trinajstić information content (AvgIpc) is 4.27. The molecule has 2 aliphatic carbocycles. The Bertz CT molecular complexity index is 2920. The molecule has 0 aliphatic heterocycles. The van der Waals surface area contributed by atoms with E-state index in [9.17, 15) is 27.2 Å². The van der Waals surface area contributed by atoms with Crippen LogP contribution in [0.1, 0.15) is 59.2 Å². The Morgan fingerprint density at radius 3 is 1.60 bits per heavy atom. The highest BCUT2D eigenvalue weighted by atomic mass is 19.3. The molecule has 2 fully saturated rings. The third-order valence-corrected chi connectivity index (χ3v) is 11.8. The van der Waals surface area contributed by atoms with Gasteiger partial charge in [0.15, 0.2) is 11.6 Å². The summed E-state index contributed by atoms with van der Waals surface area (Å²) in [4.78, 5) is 40.9. The summed E-state index contributed by atoms with van der Waals surface area (Å²) in [6.45, 7) is -3.84. The lowest BCUT2D eigenvalue weighted by Crippen LogP contribution is -2.24. The maximum atomic E-state index is 13.3. The number of methoxy groups -OCH3 is 2. The first-order valence-electron chi connectivity index (χ1n) is 22.8. The third-order valence-electron chi connectivity index (χ3n) is 11.8. The fourth-order valence-electron chi connectivity index (χ4n) is 7.89. The molecule has 15 nitrogen and oxygen atoms in total. The summed E-state index contributed by atoms with van der Waals surface area (Å²) >= 11 is 0. The standard InChI is InChI=1S/C28H28F2N4O4.C23H25F2N3O4/c1-33(25-5-3-4-9-31-25)11-12-37-20-8-10-34-21(17-32-26(34)16-20)19-14-23(36-2)27(22(35)13-18-6-7-18)24(15-19)38-28(29)30;1-26-6-8-31-16-5-7-28-17(13-27-21(28)12-16)15-10-19(30-2)22(18(29)9-14-3-4-14)20(11-15)32-23(24)25/h3-5,8-10,14-18,28H,6-7,11-13H2,1-2H3;5,7,10-14,23,26H,3-4,6,8-9H2,1-2H3. The smallest absolute Gasteiger partial charge is 0.387 e. The number of carbonyl (C=O) groups is 2. The molecule has 2 aromatic carbocycles. The van der Waals surface area contributed by atoms with E-state index < -0.39 is 13.2 Å². The van der Waals surface area contributed by atoms with Crippen LogP contribution in [0.4, 0.5) is 23.4 Å². The number of alkyl halides is 4. The number of nitrogens with zero attached hydrogens (tertiary/aromatic N) is 6. The van der Waals surface area contributed by atoms with Gasteiger partial charge in [-0.05, 0) is 93.1 Å². The highest BCUT2D eigenvalue weighted by molar-refractivity contribution is 6.03. The lowest BCUT2D eigenvalue weighted by atomic mass is 10.00. The molecule has 0 saturated heterocycles. The van der Waals surface area contributed by atoms with Crippen LogP contribution >= 0.6 is 0 Å². The van der Waals surface area contributed by atoms with Crippen LogP contribution in [0.2, 0.25) is 0 Å². The maximum absolute atomic E-state index is 13.3. The number of aromatic nitrogens is 5. The number of ether oxygens (including phenoxy) is 6. The molecular weight excluding hydrogens is 915 g/mol. The third kappa shape index (κ3) is 12.1. The molecule has 2 saturated carbocycles. The second-order valence-corrected chi connectivity index (χ2v) is 16.9. The lowest BCUT2D eigenvalue weighted by molar-refractivity contribution is -0.0509. The fourth-order valence-corrected chi connectivity index (χ4v) is 7.89. The van der Waals surface area contributed by atoms with Gasteiger partial charge in [-0.2, -0.15) is 17.6 Å². The zero-order valence-corrected chi connectivity index (χ0v) is 39.1. The number of anilines is 1. The van der Waals surface area contributed by atoms with E-state index in [4.69, 9.17) is 28.4 Å². The normalized spacial score (nSPS) is 13.3. The molecule has 0 atom stereocenters. The summed E-state index contributed by atoms with van der Waals surface area (Å²) in [5.41, 5.74) is 3.67. The van der Waals surface area contributed by atoms with Crippen molar-refractivity contribution in [3.63, 3.8) is 0 Å². The highest BCUT2D eigenvalue weighted by Gasteiger charge is 2.31. The van der Waals surface area contributed by atoms with E-state index in [1.807, 2.05) is 37.2 Å². The Balaban J connectivity index is 0.000000191. The van der Waals surface area contributed by atoms with Crippen molar-refractivity contribution in [3.8, 4) is 57.0 Å². The minimum absolute atomic E-state index is 0.0450. The maximum Gasteiger partial charge on any atom is 0.387 e. The number of likely N-dealkylation sites (N-methyl/N-ethyl adjacent to an activating group) is 2. The van der Waals surface area contributed by atoms with E-state index in [2.05, 4.69) is 20.3 Å². The van der Waals surface area contributed by atoms with Crippen molar-refractivity contribution in [2.75, 3.05) is 59.5 Å². The minimum atomic E-state index is -3.08. The molecule has 9 rings (SSSR count). The minimum Gasteiger partial charge on any atom is -0.496 e. The summed E-state index contributed by atoms with van der Waals surface area (Å²) in [6.07, 6.45) is 13.0. The molecule has 2 aliphatic rings. The first kappa shape index (κ1) is 49.0. The van der Waals surface area contributed by atoms with Crippen molar-refractivity contribution in [1.82, 2.24) is 29.1 Å². The lowest BCUT2D eigenvalue weighted by Gasteiger charge is -2.18. The van der Waals surface area contributed by atoms with Crippen LogP contribution in [0.25, 0.3) is 33.8 Å². The number of Topliss-reactive ketones (excluding diaryl/α,β-unsaturated/α-hetero) is 2. The van der Waals surface area contributed by atoms with Gasteiger partial charge in [-0.25, -0.2) is 15.0 Å². The first-order valence-corrected chi connectivity index (χ1v) is 22.8. The molecule has 70 heavy (non-hydrogen) atoms. The molecular formula is C51H53F4N7O8. The largest absolute Gasteiger partial charge is 0.496 e. The Labute approximate surface area is 401 Å². The number of pyridine rings is 3. The predicted octanol–water partition coefficient (Wildman–Crippen LogP) is 9.70. The Kier molecular flexibility index (Phi) is 15.7. The van der Waals surface area contributed by atoms with Gasteiger partial charge in [-0.3, -0.25) is 18.4 Å². The molecule has 0 bridgehead atoms. The highest BCUT2D eigenvalue weighted by Crippen LogP contribution is 2.42. The van der Waals surface area contributed by atoms with Gasteiger partial charge in [0.05, 0.1) is 44.5 Å². The van der Waals surface area contributed by atoms with Gasteiger partial charge in [-0.1, -0.05) is 6.07 Å². The van der Waals surface area contributed by atoms with Gasteiger partial charge in [-0.15, -0.1) is 0 Å². The zero-order chi connectivity index (χ0) is 49.3. The van der Waals surface area contributed by atoms with Crippen molar-refractivity contribution in [2.24, 2.45) is 11.8 Å². The number of carbonyl (C=O) groups excluding carboxylic acids is 2. The number of nitrogens with one attached hydrogen (secondary N) is 1. The number of fused-ring (bicyclic) bond motifs is 2. The van der Waals surface area contributed by atoms with E-state index in [-0.39, 0.29) is 58.0 Å². The van der Waals surface area contributed by atoms with Crippen LogP contribution in [-0.4, -0.2) is 103 Å². The second kappa shape index (κ2) is 22.3. The molecule has 1 N–H and O–H groups in total. The van der Waals surface area contributed by atoms with Crippen molar-refractivity contribution >= 4 is 28.7 Å². The average molecular weight is 968 g/mol. The van der Waals surface area contributed by atoms with Crippen LogP contribution in [0.3, 0.4) is 0 Å². The number of halogens is 4. The molecule has 5 aromatic heterocycles. The van der Waals surface area contributed by atoms with Crippen molar-refractivity contribution in [2.45, 2.75) is 51.7 Å². The fraction of sp³-hybridized carbons (Fsp3) is 0.353. The molecule has 0 unspecified atom stereocenters. The van der Waals surface area contributed by atoms with E-state index in [1.165, 1.54) is 26.4 Å². The van der Waals surface area contributed by atoms with Crippen LogP contribution in [0.5, 0.6) is 34.5 Å². The van der Waals surface area contributed by atoms with E-state index in [1.54, 1.807) is 76.2 Å². The summed E-state index contributed by atoms with van der Waals surface area (Å²) in [7, 11) is 6.60. The van der Waals surface area contributed by atoms with E-state index in [0.29, 0.717) is 84.0 Å². The van der Waals surface area contributed by atoms with Crippen molar-refractivity contribution < 1.29 is 55.6 Å². The number of imidazole rings is 2. The quantitative estimate of drug-likeness (QED) is 0.0368. The second-order valence-electron chi connectivity index (χ2n) is 16.9. The monoisotopic (exact) mass is 967 g/mol. The van der Waals surface area contributed by atoms with E-state index >= 15 is 0 Å². The van der Waals surface area contributed by atoms with E-state index in [0.717, 1.165) is 31.5 Å². The molecule has 0 radical (unpaired) electrons. The summed E-state index contributed by atoms with van der Waals surface area (Å²) < 4.78 is 88.5. The molecule has 7 aromatic rings. The van der Waals surface area contributed by atoms with Crippen LogP contribution in [0, 0.1) is 11.8 Å². The first-order chi connectivity index (χ1) is 33.9. The molecule has 0 spiro atoms. The Morgan fingerprint density at radius 1 is 0.686 bits per heavy atom. The van der Waals surface area contributed by atoms with Crippen LogP contribution in [-0.2, 0) is 0 Å².